The number of nitrogens with two attached hydrogens (primary N) is 1. The molecule has 0 spiro atoms. The van der Waals surface area contributed by atoms with Crippen LogP contribution in [-0.4, -0.2) is 23.2 Å². The molecule has 0 aromatic carbocycles. The maximum Gasteiger partial charge on any atom is 0.232 e. The third-order valence-electron chi connectivity index (χ3n) is 2.53. The Hall–Kier alpha value is -0.220. The summed E-state index contributed by atoms with van der Waals surface area (Å²) in [6.45, 7) is 1.77. The molecule has 3 unspecified atom stereocenters. The van der Waals surface area contributed by atoms with Crippen molar-refractivity contribution in [3.8, 4) is 0 Å². The van der Waals surface area contributed by atoms with Crippen LogP contribution in [0.15, 0.2) is 0 Å². The van der Waals surface area contributed by atoms with Gasteiger partial charge in [0.1, 0.15) is 0 Å². The number of hydrogen-bond donors (Lipinski definition) is 3. The predicted octanol–water partition coefficient (Wildman–Crippen LogP) is 0.691. The molecule has 76 valence electrons. The second-order valence-electron chi connectivity index (χ2n) is 3.74. The second-order valence-corrected chi connectivity index (χ2v) is 4.51. The number of carbonyl (C=O) groups excluding carboxylic acids is 1. The van der Waals surface area contributed by atoms with Gasteiger partial charge in [-0.05, 0) is 19.8 Å². The minimum absolute atomic E-state index is 0.00863. The van der Waals surface area contributed by atoms with Crippen LogP contribution in [0.2, 0.25) is 0 Å². The van der Waals surface area contributed by atoms with Crippen molar-refractivity contribution in [1.82, 2.24) is 5.32 Å². The molecule has 0 aliphatic heterocycles. The molecule has 3 nitrogen and oxygen atoms in total. The van der Waals surface area contributed by atoms with Crippen molar-refractivity contribution in [3.63, 3.8) is 0 Å². The largest absolute Gasteiger partial charge is 0.351 e. The van der Waals surface area contributed by atoms with Crippen molar-refractivity contribution in [3.05, 3.63) is 0 Å². The molecule has 0 bridgehead atoms. The molecule has 1 aliphatic rings. The van der Waals surface area contributed by atoms with Crippen molar-refractivity contribution in [2.24, 2.45) is 5.73 Å². The first-order chi connectivity index (χ1) is 6.11. The number of thiol groups is 1. The average Bonchev–Trinajstić information content (AvgIpc) is 2.08. The zero-order valence-electron chi connectivity index (χ0n) is 7.99. The first kappa shape index (κ1) is 10.9. The van der Waals surface area contributed by atoms with Crippen LogP contribution < -0.4 is 11.1 Å². The Morgan fingerprint density at radius 2 is 2.15 bits per heavy atom. The smallest absolute Gasteiger partial charge is 0.232 e. The molecule has 3 atom stereocenters. The average molecular weight is 202 g/mol. The van der Waals surface area contributed by atoms with Gasteiger partial charge in [-0.15, -0.1) is 0 Å². The van der Waals surface area contributed by atoms with Gasteiger partial charge in [0.25, 0.3) is 0 Å². The van der Waals surface area contributed by atoms with E-state index in [1.54, 1.807) is 6.92 Å². The lowest BCUT2D eigenvalue weighted by molar-refractivity contribution is -0.121. The van der Waals surface area contributed by atoms with Crippen LogP contribution in [0.4, 0.5) is 0 Å². The zero-order valence-corrected chi connectivity index (χ0v) is 8.89. The third kappa shape index (κ3) is 3.19. The SMILES string of the molecule is CC(S)C(=O)NC1CCCCC1N. The maximum atomic E-state index is 11.3. The minimum Gasteiger partial charge on any atom is -0.351 e. The van der Waals surface area contributed by atoms with Crippen molar-refractivity contribution < 1.29 is 4.79 Å². The van der Waals surface area contributed by atoms with E-state index in [9.17, 15) is 4.79 Å². The van der Waals surface area contributed by atoms with Crippen molar-refractivity contribution in [2.75, 3.05) is 0 Å². The molecule has 0 saturated heterocycles. The summed E-state index contributed by atoms with van der Waals surface area (Å²) in [6, 6.07) is 0.292. The first-order valence-electron chi connectivity index (χ1n) is 4.85. The fourth-order valence-electron chi connectivity index (χ4n) is 1.64. The van der Waals surface area contributed by atoms with Crippen LogP contribution in [0, 0.1) is 0 Å². The molecule has 1 fully saturated rings. The highest BCUT2D eigenvalue weighted by Crippen LogP contribution is 2.17. The lowest BCUT2D eigenvalue weighted by Crippen LogP contribution is -2.50. The molecule has 0 heterocycles. The van der Waals surface area contributed by atoms with Crippen molar-refractivity contribution in [1.29, 1.82) is 0 Å². The number of rotatable bonds is 2. The van der Waals surface area contributed by atoms with Gasteiger partial charge < -0.3 is 11.1 Å². The lowest BCUT2D eigenvalue weighted by Gasteiger charge is -2.29. The molecule has 1 aliphatic carbocycles. The van der Waals surface area contributed by atoms with Crippen molar-refractivity contribution in [2.45, 2.75) is 49.9 Å². The quantitative estimate of drug-likeness (QED) is 0.577. The summed E-state index contributed by atoms with van der Waals surface area (Å²) in [5.74, 6) is -0.00863. The monoisotopic (exact) mass is 202 g/mol. The number of amides is 1. The highest BCUT2D eigenvalue weighted by atomic mass is 32.1. The molecule has 1 rings (SSSR count). The van der Waals surface area contributed by atoms with Gasteiger partial charge in [0.15, 0.2) is 0 Å². The predicted molar refractivity (Wildman–Crippen MR) is 56.8 cm³/mol. The van der Waals surface area contributed by atoms with E-state index in [2.05, 4.69) is 17.9 Å². The molecule has 0 radical (unpaired) electrons. The molecule has 1 saturated carbocycles. The molecule has 13 heavy (non-hydrogen) atoms. The van der Waals surface area contributed by atoms with Gasteiger partial charge >= 0.3 is 0 Å². The summed E-state index contributed by atoms with van der Waals surface area (Å²) in [5, 5.41) is 2.69. The molecular weight excluding hydrogens is 184 g/mol. The normalized spacial score (nSPS) is 31.0. The van der Waals surface area contributed by atoms with E-state index in [1.807, 2.05) is 0 Å². The molecule has 1 amide bonds. The topological polar surface area (TPSA) is 55.1 Å². The third-order valence-corrected chi connectivity index (χ3v) is 2.76. The summed E-state index contributed by atoms with van der Waals surface area (Å²) in [7, 11) is 0. The Kier molecular flexibility index (Phi) is 4.06. The molecule has 3 N–H and O–H groups in total. The van der Waals surface area contributed by atoms with E-state index in [0.717, 1.165) is 12.8 Å². The fraction of sp³-hybridized carbons (Fsp3) is 0.889. The van der Waals surface area contributed by atoms with Crippen LogP contribution >= 0.6 is 12.6 Å². The summed E-state index contributed by atoms with van der Waals surface area (Å²) in [4.78, 5) is 11.3. The maximum absolute atomic E-state index is 11.3. The van der Waals surface area contributed by atoms with E-state index in [4.69, 9.17) is 5.73 Å². The van der Waals surface area contributed by atoms with Crippen LogP contribution in [0.25, 0.3) is 0 Å². The summed E-state index contributed by atoms with van der Waals surface area (Å²) < 4.78 is 0. The van der Waals surface area contributed by atoms with E-state index in [-0.39, 0.29) is 23.2 Å². The standard InChI is InChI=1S/C9H18N2OS/c1-6(13)9(12)11-8-5-3-2-4-7(8)10/h6-8,13H,2-5,10H2,1H3,(H,11,12). The summed E-state index contributed by atoms with van der Waals surface area (Å²) in [5.41, 5.74) is 5.89. The minimum atomic E-state index is -0.242. The molecule has 4 heteroatoms. The first-order valence-corrected chi connectivity index (χ1v) is 5.37. The molecular formula is C9H18N2OS. The van der Waals surface area contributed by atoms with Crippen LogP contribution in [0.1, 0.15) is 32.6 Å². The van der Waals surface area contributed by atoms with Crippen LogP contribution in [0.5, 0.6) is 0 Å². The van der Waals surface area contributed by atoms with Gasteiger partial charge in [0, 0.05) is 12.1 Å². The second kappa shape index (κ2) is 4.86. The van der Waals surface area contributed by atoms with E-state index in [1.165, 1.54) is 12.8 Å². The van der Waals surface area contributed by atoms with Gasteiger partial charge in [0.2, 0.25) is 5.91 Å². The van der Waals surface area contributed by atoms with Crippen LogP contribution in [0.3, 0.4) is 0 Å². The Labute approximate surface area is 84.9 Å². The van der Waals surface area contributed by atoms with Crippen molar-refractivity contribution >= 4 is 18.5 Å². The summed E-state index contributed by atoms with van der Waals surface area (Å²) >= 11 is 4.07. The van der Waals surface area contributed by atoms with Gasteiger partial charge in [0.05, 0.1) is 5.25 Å². The zero-order chi connectivity index (χ0) is 9.84. The van der Waals surface area contributed by atoms with E-state index >= 15 is 0 Å². The fourth-order valence-corrected chi connectivity index (χ4v) is 1.72. The van der Waals surface area contributed by atoms with E-state index in [0.29, 0.717) is 0 Å². The van der Waals surface area contributed by atoms with Gasteiger partial charge in [-0.25, -0.2) is 0 Å². The van der Waals surface area contributed by atoms with Gasteiger partial charge in [-0.2, -0.15) is 12.6 Å². The lowest BCUT2D eigenvalue weighted by atomic mass is 9.91. The Morgan fingerprint density at radius 1 is 1.54 bits per heavy atom. The highest BCUT2D eigenvalue weighted by Gasteiger charge is 2.23. The van der Waals surface area contributed by atoms with Gasteiger partial charge in [-0.1, -0.05) is 12.8 Å². The Balaban J connectivity index is 2.38. The van der Waals surface area contributed by atoms with Crippen LogP contribution in [-0.2, 0) is 4.79 Å². The molecule has 0 aromatic heterocycles. The molecule has 0 aromatic rings. The number of nitrogens with one attached hydrogen (secondary N) is 1. The van der Waals surface area contributed by atoms with E-state index < -0.39 is 0 Å². The number of carbonyl (C=O) groups is 1. The highest BCUT2D eigenvalue weighted by molar-refractivity contribution is 7.81. The number of hydrogen-bond acceptors (Lipinski definition) is 3. The summed E-state index contributed by atoms with van der Waals surface area (Å²) in [6.07, 6.45) is 4.38. The van der Waals surface area contributed by atoms with Gasteiger partial charge in [-0.3, -0.25) is 4.79 Å². The Morgan fingerprint density at radius 3 is 2.69 bits per heavy atom. The Bertz CT molecular complexity index is 184.